The molecule has 1 atom stereocenters. The Kier molecular flexibility index (Phi) is 5.08. The maximum absolute atomic E-state index is 9.49. The van der Waals surface area contributed by atoms with Crippen molar-refractivity contribution in [2.24, 2.45) is 0 Å². The Labute approximate surface area is 120 Å². The molecule has 3 nitrogen and oxygen atoms in total. The Morgan fingerprint density at radius 2 is 2.26 bits per heavy atom. The Morgan fingerprint density at radius 1 is 1.47 bits per heavy atom. The average Bonchev–Trinajstić information content (AvgIpc) is 2.85. The first-order valence-electron chi connectivity index (χ1n) is 7.01. The summed E-state index contributed by atoms with van der Waals surface area (Å²) in [7, 11) is 0. The first kappa shape index (κ1) is 14.6. The average molecular weight is 283 g/mol. The van der Waals surface area contributed by atoms with Crippen LogP contribution in [0.15, 0.2) is 18.2 Å². The van der Waals surface area contributed by atoms with E-state index in [9.17, 15) is 5.11 Å². The molecule has 0 spiro atoms. The highest BCUT2D eigenvalue weighted by molar-refractivity contribution is 6.30. The number of rotatable bonds is 5. The highest BCUT2D eigenvalue weighted by Crippen LogP contribution is 2.31. The lowest BCUT2D eigenvalue weighted by Crippen LogP contribution is -2.33. The van der Waals surface area contributed by atoms with E-state index in [4.69, 9.17) is 11.6 Å². The molecule has 19 heavy (non-hydrogen) atoms. The summed E-state index contributed by atoms with van der Waals surface area (Å²) < 4.78 is 0. The molecule has 0 amide bonds. The van der Waals surface area contributed by atoms with Crippen LogP contribution in [0.3, 0.4) is 0 Å². The van der Waals surface area contributed by atoms with Gasteiger partial charge in [-0.25, -0.2) is 0 Å². The zero-order valence-corrected chi connectivity index (χ0v) is 12.5. The van der Waals surface area contributed by atoms with Crippen molar-refractivity contribution < 1.29 is 5.11 Å². The van der Waals surface area contributed by atoms with Gasteiger partial charge < -0.3 is 15.3 Å². The zero-order valence-electron chi connectivity index (χ0n) is 11.7. The molecule has 0 aromatic heterocycles. The minimum absolute atomic E-state index is 0.212. The van der Waals surface area contributed by atoms with Crippen LogP contribution in [0.4, 0.5) is 5.69 Å². The van der Waals surface area contributed by atoms with Crippen LogP contribution in [0, 0.1) is 0 Å². The first-order chi connectivity index (χ1) is 9.11. The molecule has 2 N–H and O–H groups in total. The minimum atomic E-state index is 0.212. The van der Waals surface area contributed by atoms with Gasteiger partial charge in [0.05, 0.1) is 12.6 Å². The van der Waals surface area contributed by atoms with E-state index in [1.54, 1.807) is 0 Å². The lowest BCUT2D eigenvalue weighted by Gasteiger charge is -2.28. The molecule has 106 valence electrons. The second kappa shape index (κ2) is 6.60. The molecule has 1 saturated heterocycles. The third-order valence-corrected chi connectivity index (χ3v) is 3.88. The highest BCUT2D eigenvalue weighted by Gasteiger charge is 2.25. The fourth-order valence-corrected chi connectivity index (χ4v) is 2.78. The molecule has 1 unspecified atom stereocenters. The molecule has 0 bridgehead atoms. The first-order valence-corrected chi connectivity index (χ1v) is 7.39. The summed E-state index contributed by atoms with van der Waals surface area (Å²) in [6, 6.07) is 6.73. The van der Waals surface area contributed by atoms with E-state index in [0.717, 1.165) is 36.6 Å². The number of nitrogens with zero attached hydrogens (tertiary/aromatic N) is 1. The Balaban J connectivity index is 2.23. The third kappa shape index (κ3) is 3.62. The maximum Gasteiger partial charge on any atom is 0.0635 e. The highest BCUT2D eigenvalue weighted by atomic mass is 35.5. The van der Waals surface area contributed by atoms with Crippen LogP contribution in [0.1, 0.15) is 32.3 Å². The summed E-state index contributed by atoms with van der Waals surface area (Å²) in [6.45, 7) is 6.33. The topological polar surface area (TPSA) is 35.5 Å². The summed E-state index contributed by atoms with van der Waals surface area (Å²) in [6.07, 6.45) is 2.19. The number of hydrogen-bond donors (Lipinski definition) is 2. The van der Waals surface area contributed by atoms with E-state index in [0.29, 0.717) is 6.04 Å². The predicted octanol–water partition coefficient (Wildman–Crippen LogP) is 2.80. The van der Waals surface area contributed by atoms with Crippen molar-refractivity contribution >= 4 is 17.3 Å². The molecule has 2 rings (SSSR count). The Bertz CT molecular complexity index is 423. The van der Waals surface area contributed by atoms with Crippen LogP contribution < -0.4 is 10.2 Å². The zero-order chi connectivity index (χ0) is 13.8. The summed E-state index contributed by atoms with van der Waals surface area (Å²) in [5, 5.41) is 13.7. The molecule has 1 aromatic rings. The predicted molar refractivity (Wildman–Crippen MR) is 80.9 cm³/mol. The summed E-state index contributed by atoms with van der Waals surface area (Å²) in [5.74, 6) is 0. The number of benzene rings is 1. The van der Waals surface area contributed by atoms with Gasteiger partial charge in [-0.2, -0.15) is 0 Å². The number of nitrogens with one attached hydrogen (secondary N) is 1. The molecule has 1 aliphatic heterocycles. The van der Waals surface area contributed by atoms with Crippen molar-refractivity contribution in [1.29, 1.82) is 0 Å². The van der Waals surface area contributed by atoms with Crippen molar-refractivity contribution in [3.8, 4) is 0 Å². The second-order valence-electron chi connectivity index (χ2n) is 5.48. The largest absolute Gasteiger partial charge is 0.394 e. The summed E-state index contributed by atoms with van der Waals surface area (Å²) in [5.41, 5.74) is 2.41. The van der Waals surface area contributed by atoms with Crippen LogP contribution in [0.25, 0.3) is 0 Å². The number of aliphatic hydroxyl groups is 1. The molecule has 0 radical (unpaired) electrons. The SMILES string of the molecule is CC(C)NCc1ccc(Cl)cc1N1CCCC1CO. The number of aliphatic hydroxyl groups excluding tert-OH is 1. The van der Waals surface area contributed by atoms with Crippen molar-refractivity contribution in [1.82, 2.24) is 5.32 Å². The monoisotopic (exact) mass is 282 g/mol. The van der Waals surface area contributed by atoms with Crippen LogP contribution in [0.5, 0.6) is 0 Å². The van der Waals surface area contributed by atoms with Gasteiger partial charge in [-0.3, -0.25) is 0 Å². The maximum atomic E-state index is 9.49. The number of halogens is 1. The Hall–Kier alpha value is -0.770. The van der Waals surface area contributed by atoms with Gasteiger partial charge in [0.15, 0.2) is 0 Å². The van der Waals surface area contributed by atoms with Crippen LogP contribution in [-0.4, -0.2) is 30.3 Å². The lowest BCUT2D eigenvalue weighted by atomic mass is 10.1. The standard InChI is InChI=1S/C15H23ClN2O/c1-11(2)17-9-12-5-6-13(16)8-15(12)18-7-3-4-14(18)10-19/h5-6,8,11,14,17,19H,3-4,7,9-10H2,1-2H3. The molecule has 0 saturated carbocycles. The van der Waals surface area contributed by atoms with E-state index >= 15 is 0 Å². The fraction of sp³-hybridized carbons (Fsp3) is 0.600. The quantitative estimate of drug-likeness (QED) is 0.872. The van der Waals surface area contributed by atoms with Crippen molar-refractivity contribution in [3.05, 3.63) is 28.8 Å². The molecule has 1 heterocycles. The van der Waals surface area contributed by atoms with Gasteiger partial charge in [0, 0.05) is 29.8 Å². The fourth-order valence-electron chi connectivity index (χ4n) is 2.61. The lowest BCUT2D eigenvalue weighted by molar-refractivity contribution is 0.266. The van der Waals surface area contributed by atoms with Gasteiger partial charge in [-0.05, 0) is 30.5 Å². The molecule has 1 aliphatic rings. The summed E-state index contributed by atoms with van der Waals surface area (Å²) >= 11 is 6.14. The van der Waals surface area contributed by atoms with E-state index < -0.39 is 0 Å². The molecule has 1 aromatic carbocycles. The third-order valence-electron chi connectivity index (χ3n) is 3.65. The van der Waals surface area contributed by atoms with Gasteiger partial charge in [-0.15, -0.1) is 0 Å². The van der Waals surface area contributed by atoms with E-state index in [2.05, 4.69) is 30.1 Å². The molecule has 1 fully saturated rings. The van der Waals surface area contributed by atoms with E-state index in [-0.39, 0.29) is 12.6 Å². The molecule has 0 aliphatic carbocycles. The molecule has 4 heteroatoms. The normalized spacial score (nSPS) is 19.4. The van der Waals surface area contributed by atoms with Gasteiger partial charge >= 0.3 is 0 Å². The van der Waals surface area contributed by atoms with Gasteiger partial charge in [0.2, 0.25) is 0 Å². The van der Waals surface area contributed by atoms with Gasteiger partial charge in [-0.1, -0.05) is 31.5 Å². The van der Waals surface area contributed by atoms with Crippen LogP contribution in [0.2, 0.25) is 5.02 Å². The van der Waals surface area contributed by atoms with Gasteiger partial charge in [0.1, 0.15) is 0 Å². The summed E-state index contributed by atoms with van der Waals surface area (Å²) in [4.78, 5) is 2.29. The second-order valence-corrected chi connectivity index (χ2v) is 5.92. The minimum Gasteiger partial charge on any atom is -0.394 e. The molecular weight excluding hydrogens is 260 g/mol. The number of anilines is 1. The van der Waals surface area contributed by atoms with Crippen molar-refractivity contribution in [2.45, 2.75) is 45.3 Å². The van der Waals surface area contributed by atoms with E-state index in [1.807, 2.05) is 12.1 Å². The van der Waals surface area contributed by atoms with Crippen LogP contribution >= 0.6 is 11.6 Å². The van der Waals surface area contributed by atoms with Gasteiger partial charge in [0.25, 0.3) is 0 Å². The van der Waals surface area contributed by atoms with Crippen LogP contribution in [-0.2, 0) is 6.54 Å². The molecular formula is C15H23ClN2O. The van der Waals surface area contributed by atoms with E-state index in [1.165, 1.54) is 5.56 Å². The van der Waals surface area contributed by atoms with Crippen molar-refractivity contribution in [2.75, 3.05) is 18.1 Å². The smallest absolute Gasteiger partial charge is 0.0635 e. The number of hydrogen-bond acceptors (Lipinski definition) is 3. The van der Waals surface area contributed by atoms with Crippen molar-refractivity contribution in [3.63, 3.8) is 0 Å². The Morgan fingerprint density at radius 3 is 2.95 bits per heavy atom.